The highest BCUT2D eigenvalue weighted by Gasteiger charge is 2.42. The molecule has 0 amide bonds. The fourth-order valence-electron chi connectivity index (χ4n) is 13.0. The number of fused-ring (bicyclic) bond motifs is 2. The molecule has 6 fully saturated rings. The van der Waals surface area contributed by atoms with Crippen LogP contribution in [0.15, 0.2) is 0 Å². The van der Waals surface area contributed by atoms with Crippen LogP contribution in [0.1, 0.15) is 196 Å². The lowest BCUT2D eigenvalue weighted by molar-refractivity contribution is 0.109. The largest absolute Gasteiger partial charge is 0.303 e. The molecule has 6 aliphatic rings. The summed E-state index contributed by atoms with van der Waals surface area (Å²) in [6.07, 6.45) is 12.9. The summed E-state index contributed by atoms with van der Waals surface area (Å²) in [5.74, 6) is 11.4. The van der Waals surface area contributed by atoms with E-state index in [0.29, 0.717) is 0 Å². The Hall–Kier alpha value is -0.280. The number of nitrogens with zero attached hydrogens (tertiary/aromatic N) is 7. The normalized spacial score (nSPS) is 24.2. The molecule has 6 rings (SSSR count). The van der Waals surface area contributed by atoms with Crippen molar-refractivity contribution in [2.45, 2.75) is 208 Å². The van der Waals surface area contributed by atoms with Gasteiger partial charge in [0.15, 0.2) is 0 Å². The average molecular weight is 987 g/mol. The lowest BCUT2D eigenvalue weighted by atomic mass is 9.88. The van der Waals surface area contributed by atoms with Crippen molar-refractivity contribution >= 4 is 0 Å². The molecule has 3 unspecified atom stereocenters. The van der Waals surface area contributed by atoms with Crippen LogP contribution in [0.5, 0.6) is 0 Å². The first-order chi connectivity index (χ1) is 32.9. The molecule has 0 aliphatic carbocycles. The summed E-state index contributed by atoms with van der Waals surface area (Å²) in [7, 11) is 0. The molecule has 0 radical (unpaired) electrons. The SMILES string of the molecule is CC(C)CC1CCN(CC(C)C)C1.CC(C)CC1CCN(CC(C)C)CC1.CC(C)CC1CCN(CC(C)C)CC1.CC(C)CN1CC2CC1CN2CC(C)C.CC(C)CN1CCN(CC(C)C)CC1. The molecule has 3 atom stereocenters. The first kappa shape index (κ1) is 65.8. The second-order valence-corrected chi connectivity index (χ2v) is 28.6. The maximum Gasteiger partial charge on any atom is 0.0239 e. The monoisotopic (exact) mass is 986 g/mol. The molecule has 70 heavy (non-hydrogen) atoms. The quantitative estimate of drug-likeness (QED) is 0.120. The van der Waals surface area contributed by atoms with Crippen LogP contribution >= 0.6 is 0 Å². The molecule has 6 aliphatic heterocycles. The molecule has 418 valence electrons. The molecule has 7 heteroatoms. The van der Waals surface area contributed by atoms with Gasteiger partial charge in [0.05, 0.1) is 0 Å². The van der Waals surface area contributed by atoms with Crippen molar-refractivity contribution in [3.05, 3.63) is 0 Å². The van der Waals surface area contributed by atoms with Crippen molar-refractivity contribution in [1.29, 1.82) is 0 Å². The predicted molar refractivity (Wildman–Crippen MR) is 313 cm³/mol. The van der Waals surface area contributed by atoms with E-state index in [1.165, 1.54) is 182 Å². The van der Waals surface area contributed by atoms with Crippen LogP contribution in [-0.4, -0.2) is 171 Å². The van der Waals surface area contributed by atoms with Crippen LogP contribution in [-0.2, 0) is 0 Å². The highest BCUT2D eigenvalue weighted by Crippen LogP contribution is 2.32. The third-order valence-electron chi connectivity index (χ3n) is 15.4. The Balaban J connectivity index is 0.000000300. The first-order valence-electron chi connectivity index (χ1n) is 31.0. The molecule has 0 spiro atoms. The van der Waals surface area contributed by atoms with Crippen molar-refractivity contribution in [1.82, 2.24) is 34.3 Å². The maximum atomic E-state index is 2.71. The molecule has 0 aromatic carbocycles. The summed E-state index contributed by atoms with van der Waals surface area (Å²) in [5.41, 5.74) is 0. The van der Waals surface area contributed by atoms with Gasteiger partial charge in [-0.1, -0.05) is 138 Å². The van der Waals surface area contributed by atoms with Crippen molar-refractivity contribution in [3.63, 3.8) is 0 Å². The minimum atomic E-state index is 0.812. The number of likely N-dealkylation sites (tertiary alicyclic amines) is 5. The van der Waals surface area contributed by atoms with E-state index in [9.17, 15) is 0 Å². The Kier molecular flexibility index (Phi) is 33.7. The third-order valence-corrected chi connectivity index (χ3v) is 15.4. The van der Waals surface area contributed by atoms with Crippen LogP contribution in [0.2, 0.25) is 0 Å². The van der Waals surface area contributed by atoms with E-state index in [2.05, 4.69) is 173 Å². The zero-order valence-corrected chi connectivity index (χ0v) is 51.6. The molecule has 6 saturated heterocycles. The lowest BCUT2D eigenvalue weighted by Crippen LogP contribution is -2.48. The fraction of sp³-hybridized carbons (Fsp3) is 1.00. The van der Waals surface area contributed by atoms with Gasteiger partial charge in [0.25, 0.3) is 0 Å². The van der Waals surface area contributed by atoms with Crippen LogP contribution in [0.4, 0.5) is 0 Å². The zero-order chi connectivity index (χ0) is 52.5. The first-order valence-corrected chi connectivity index (χ1v) is 31.0. The Morgan fingerprint density at radius 1 is 0.257 bits per heavy atom. The molecule has 7 nitrogen and oxygen atoms in total. The van der Waals surface area contributed by atoms with Gasteiger partial charge in [-0.25, -0.2) is 0 Å². The molecule has 6 heterocycles. The average Bonchev–Trinajstić information content (AvgIpc) is 3.95. The predicted octanol–water partition coefficient (Wildman–Crippen LogP) is 13.8. The Labute approximate surface area is 442 Å². The summed E-state index contributed by atoms with van der Waals surface area (Å²) in [6.45, 7) is 71.4. The van der Waals surface area contributed by atoms with Gasteiger partial charge in [0.1, 0.15) is 0 Å². The smallest absolute Gasteiger partial charge is 0.0239 e. The van der Waals surface area contributed by atoms with Gasteiger partial charge >= 0.3 is 0 Å². The maximum absolute atomic E-state index is 2.71. The highest BCUT2D eigenvalue weighted by atomic mass is 15.3. The van der Waals surface area contributed by atoms with Gasteiger partial charge in [-0.05, 0) is 167 Å². The second-order valence-electron chi connectivity index (χ2n) is 28.6. The van der Waals surface area contributed by atoms with Gasteiger partial charge in [-0.3, -0.25) is 9.80 Å². The molecule has 0 N–H and O–H groups in total. The number of piperidine rings is 2. The van der Waals surface area contributed by atoms with Crippen molar-refractivity contribution in [2.75, 3.05) is 124 Å². The number of rotatable bonds is 20. The van der Waals surface area contributed by atoms with Crippen LogP contribution in [0.3, 0.4) is 0 Å². The number of piperazine rings is 2. The van der Waals surface area contributed by atoms with Crippen molar-refractivity contribution < 1.29 is 0 Å². The van der Waals surface area contributed by atoms with E-state index in [-0.39, 0.29) is 0 Å². The molecule has 0 aromatic rings. The van der Waals surface area contributed by atoms with Gasteiger partial charge in [-0.15, -0.1) is 0 Å². The van der Waals surface area contributed by atoms with Crippen LogP contribution in [0, 0.1) is 76.9 Å². The molecular formula is C63H131N7. The van der Waals surface area contributed by atoms with Crippen molar-refractivity contribution in [2.24, 2.45) is 76.9 Å². The summed E-state index contributed by atoms with van der Waals surface area (Å²) in [6, 6.07) is 1.74. The zero-order valence-electron chi connectivity index (χ0n) is 51.6. The van der Waals surface area contributed by atoms with Gasteiger partial charge < -0.3 is 24.5 Å². The molecule has 2 bridgehead atoms. The van der Waals surface area contributed by atoms with E-state index >= 15 is 0 Å². The van der Waals surface area contributed by atoms with E-state index in [4.69, 9.17) is 0 Å². The summed E-state index contributed by atoms with van der Waals surface area (Å²) in [5, 5.41) is 0. The number of hydrogen-bond acceptors (Lipinski definition) is 7. The van der Waals surface area contributed by atoms with Crippen LogP contribution < -0.4 is 0 Å². The van der Waals surface area contributed by atoms with E-state index < -0.39 is 0 Å². The molecular weight excluding hydrogens is 855 g/mol. The standard InChI is InChI=1S/C13H26N2.2C13H27N.C12H26N2.C12H25N/c1-10(2)6-14-8-13-5-12(14)9-15(13)7-11(3)4;3*1-11(2)9-13-5-7-14(8-6-13)10-12(3)4;1-10(2)7-12-5-6-13(9-12)8-11(3)4/h10-13H,5-9H2,1-4H3;2*11-13H,5-10H2,1-4H3;11-12H,5-10H2,1-4H3;10-12H,5-9H2,1-4H3. The number of hydrogen-bond donors (Lipinski definition) is 0. The van der Waals surface area contributed by atoms with E-state index in [1.54, 1.807) is 0 Å². The molecule has 0 aromatic heterocycles. The van der Waals surface area contributed by atoms with Gasteiger partial charge in [0, 0.05) is 104 Å². The summed E-state index contributed by atoms with van der Waals surface area (Å²) >= 11 is 0. The Morgan fingerprint density at radius 2 is 0.500 bits per heavy atom. The van der Waals surface area contributed by atoms with Crippen LogP contribution in [0.25, 0.3) is 0 Å². The fourth-order valence-corrected chi connectivity index (χ4v) is 13.0. The highest BCUT2D eigenvalue weighted by molar-refractivity contribution is 4.99. The van der Waals surface area contributed by atoms with E-state index in [1.807, 2.05) is 0 Å². The van der Waals surface area contributed by atoms with Gasteiger partial charge in [-0.2, -0.15) is 0 Å². The Morgan fingerprint density at radius 3 is 0.771 bits per heavy atom. The lowest BCUT2D eigenvalue weighted by Gasteiger charge is -2.36. The summed E-state index contributed by atoms with van der Waals surface area (Å²) < 4.78 is 0. The topological polar surface area (TPSA) is 22.7 Å². The minimum absolute atomic E-state index is 0.812. The second kappa shape index (κ2) is 35.9. The van der Waals surface area contributed by atoms with Crippen molar-refractivity contribution in [3.8, 4) is 0 Å². The minimum Gasteiger partial charge on any atom is -0.303 e. The Bertz CT molecular complexity index is 1040. The van der Waals surface area contributed by atoms with E-state index in [0.717, 1.165) is 89.0 Å². The summed E-state index contributed by atoms with van der Waals surface area (Å²) in [4.78, 5) is 18.5. The van der Waals surface area contributed by atoms with Gasteiger partial charge in [0.2, 0.25) is 0 Å². The molecule has 0 saturated carbocycles. The third kappa shape index (κ3) is 30.9.